The first-order valence-electron chi connectivity index (χ1n) is 8.67. The molecule has 0 aliphatic heterocycles. The summed E-state index contributed by atoms with van der Waals surface area (Å²) < 4.78 is 32.2. The lowest BCUT2D eigenvalue weighted by molar-refractivity contribution is 0.0728. The molecule has 0 bridgehead atoms. The van der Waals surface area contributed by atoms with Crippen LogP contribution in [0.2, 0.25) is 0 Å². The minimum atomic E-state index is -0.643. The van der Waals surface area contributed by atoms with Crippen LogP contribution in [0.3, 0.4) is 0 Å². The standard InChI is InChI=1S/C20H17F2N3O2/c1-12-23-19(27-24-12)13-2-4-14(5-3-13)20(26)25(17-8-9-17)11-15-6-7-16(21)10-18(15)22/h2-7,10,17H,8-9,11H2,1H3. The number of halogens is 2. The van der Waals surface area contributed by atoms with Gasteiger partial charge in [-0.2, -0.15) is 4.98 Å². The molecule has 138 valence electrons. The fourth-order valence-electron chi connectivity index (χ4n) is 2.92. The molecule has 0 atom stereocenters. The first kappa shape index (κ1) is 17.3. The maximum absolute atomic E-state index is 14.0. The number of nitrogens with zero attached hydrogens (tertiary/aromatic N) is 3. The van der Waals surface area contributed by atoms with Gasteiger partial charge in [-0.05, 0) is 50.1 Å². The number of carbonyl (C=O) groups is 1. The summed E-state index contributed by atoms with van der Waals surface area (Å²) in [5.41, 5.74) is 1.51. The Bertz CT molecular complexity index is 981. The Morgan fingerprint density at radius 2 is 1.93 bits per heavy atom. The van der Waals surface area contributed by atoms with Crippen LogP contribution in [0.1, 0.15) is 34.6 Å². The molecule has 4 rings (SSSR count). The van der Waals surface area contributed by atoms with Gasteiger partial charge in [-0.3, -0.25) is 4.79 Å². The third-order valence-electron chi connectivity index (χ3n) is 4.51. The van der Waals surface area contributed by atoms with Gasteiger partial charge in [0.25, 0.3) is 11.8 Å². The number of hydrogen-bond acceptors (Lipinski definition) is 4. The summed E-state index contributed by atoms with van der Waals surface area (Å²) in [6, 6.07) is 10.4. The van der Waals surface area contributed by atoms with Crippen LogP contribution < -0.4 is 0 Å². The van der Waals surface area contributed by atoms with E-state index in [1.807, 2.05) is 0 Å². The molecule has 0 unspecified atom stereocenters. The molecule has 1 aliphatic rings. The lowest BCUT2D eigenvalue weighted by Gasteiger charge is -2.23. The van der Waals surface area contributed by atoms with Crippen LogP contribution in [-0.2, 0) is 6.54 Å². The summed E-state index contributed by atoms with van der Waals surface area (Å²) in [7, 11) is 0. The van der Waals surface area contributed by atoms with Crippen molar-refractivity contribution in [3.63, 3.8) is 0 Å². The maximum atomic E-state index is 14.0. The van der Waals surface area contributed by atoms with Gasteiger partial charge < -0.3 is 9.42 Å². The van der Waals surface area contributed by atoms with Crippen molar-refractivity contribution in [1.29, 1.82) is 0 Å². The second kappa shape index (κ2) is 6.90. The average molecular weight is 369 g/mol. The van der Waals surface area contributed by atoms with Crippen molar-refractivity contribution in [2.75, 3.05) is 0 Å². The van der Waals surface area contributed by atoms with E-state index in [9.17, 15) is 13.6 Å². The number of amides is 1. The SMILES string of the molecule is Cc1noc(-c2ccc(C(=O)N(Cc3ccc(F)cc3F)C3CC3)cc2)n1. The molecule has 1 fully saturated rings. The van der Waals surface area contributed by atoms with E-state index in [4.69, 9.17) is 4.52 Å². The molecule has 0 N–H and O–H groups in total. The molecule has 1 aromatic heterocycles. The van der Waals surface area contributed by atoms with Gasteiger partial charge in [0.15, 0.2) is 5.82 Å². The first-order chi connectivity index (χ1) is 13.0. The van der Waals surface area contributed by atoms with Crippen molar-refractivity contribution in [1.82, 2.24) is 15.0 Å². The Morgan fingerprint density at radius 1 is 1.19 bits per heavy atom. The van der Waals surface area contributed by atoms with Crippen molar-refractivity contribution in [3.05, 3.63) is 71.1 Å². The molecule has 5 nitrogen and oxygen atoms in total. The second-order valence-electron chi connectivity index (χ2n) is 6.62. The zero-order valence-electron chi connectivity index (χ0n) is 14.7. The van der Waals surface area contributed by atoms with E-state index >= 15 is 0 Å². The second-order valence-corrected chi connectivity index (χ2v) is 6.62. The maximum Gasteiger partial charge on any atom is 0.257 e. The van der Waals surface area contributed by atoms with Gasteiger partial charge in [-0.25, -0.2) is 8.78 Å². The molecule has 1 amide bonds. The lowest BCUT2D eigenvalue weighted by atomic mass is 10.1. The molecule has 7 heteroatoms. The topological polar surface area (TPSA) is 59.2 Å². The van der Waals surface area contributed by atoms with Crippen LogP contribution in [0.5, 0.6) is 0 Å². The molecule has 0 radical (unpaired) electrons. The Morgan fingerprint density at radius 3 is 2.52 bits per heavy atom. The number of aryl methyl sites for hydroxylation is 1. The van der Waals surface area contributed by atoms with Gasteiger partial charge in [-0.15, -0.1) is 0 Å². The van der Waals surface area contributed by atoms with E-state index in [0.29, 0.717) is 22.8 Å². The van der Waals surface area contributed by atoms with Gasteiger partial charge in [0.1, 0.15) is 11.6 Å². The summed E-state index contributed by atoms with van der Waals surface area (Å²) in [5, 5.41) is 3.75. The molecule has 0 spiro atoms. The zero-order valence-corrected chi connectivity index (χ0v) is 14.7. The van der Waals surface area contributed by atoms with Gasteiger partial charge in [0.05, 0.1) is 0 Å². The zero-order chi connectivity index (χ0) is 19.0. The molecular weight excluding hydrogens is 352 g/mol. The van der Waals surface area contributed by atoms with Crippen LogP contribution in [0.15, 0.2) is 47.0 Å². The van der Waals surface area contributed by atoms with Crippen molar-refractivity contribution in [2.24, 2.45) is 0 Å². The normalized spacial score (nSPS) is 13.6. The van der Waals surface area contributed by atoms with Crippen LogP contribution in [-0.4, -0.2) is 27.0 Å². The molecular formula is C20H17F2N3O2. The Balaban J connectivity index is 1.55. The minimum Gasteiger partial charge on any atom is -0.334 e. The van der Waals surface area contributed by atoms with Gasteiger partial charge in [0, 0.05) is 35.3 Å². The third-order valence-corrected chi connectivity index (χ3v) is 4.51. The Hall–Kier alpha value is -3.09. The van der Waals surface area contributed by atoms with Gasteiger partial charge in [0.2, 0.25) is 0 Å². The molecule has 1 saturated carbocycles. The highest BCUT2D eigenvalue weighted by Gasteiger charge is 2.33. The van der Waals surface area contributed by atoms with Crippen molar-refractivity contribution >= 4 is 5.91 Å². The largest absolute Gasteiger partial charge is 0.334 e. The number of hydrogen-bond donors (Lipinski definition) is 0. The van der Waals surface area contributed by atoms with E-state index in [0.717, 1.165) is 24.5 Å². The minimum absolute atomic E-state index is 0.0835. The predicted octanol–water partition coefficient (Wildman–Crippen LogP) is 4.13. The molecule has 1 heterocycles. The summed E-state index contributed by atoms with van der Waals surface area (Å²) in [6.07, 6.45) is 1.77. The van der Waals surface area contributed by atoms with Crippen molar-refractivity contribution in [3.8, 4) is 11.5 Å². The number of benzene rings is 2. The molecule has 1 aliphatic carbocycles. The molecule has 27 heavy (non-hydrogen) atoms. The summed E-state index contributed by atoms with van der Waals surface area (Å²) >= 11 is 0. The third kappa shape index (κ3) is 3.72. The fourth-order valence-corrected chi connectivity index (χ4v) is 2.92. The molecule has 2 aromatic carbocycles. The Kier molecular flexibility index (Phi) is 4.43. The van der Waals surface area contributed by atoms with Crippen LogP contribution in [0, 0.1) is 18.6 Å². The summed E-state index contributed by atoms with van der Waals surface area (Å²) in [4.78, 5) is 18.7. The van der Waals surface area contributed by atoms with E-state index in [2.05, 4.69) is 10.1 Å². The highest BCUT2D eigenvalue weighted by Crippen LogP contribution is 2.31. The number of carbonyl (C=O) groups excluding carboxylic acids is 1. The van der Waals surface area contributed by atoms with E-state index in [1.165, 1.54) is 12.1 Å². The lowest BCUT2D eigenvalue weighted by Crippen LogP contribution is -2.32. The molecule has 3 aromatic rings. The van der Waals surface area contributed by atoms with Gasteiger partial charge in [-0.1, -0.05) is 11.2 Å². The monoisotopic (exact) mass is 369 g/mol. The van der Waals surface area contributed by atoms with E-state index < -0.39 is 11.6 Å². The smallest absolute Gasteiger partial charge is 0.257 e. The van der Waals surface area contributed by atoms with E-state index in [-0.39, 0.29) is 18.5 Å². The quantitative estimate of drug-likeness (QED) is 0.679. The van der Waals surface area contributed by atoms with Crippen LogP contribution in [0.4, 0.5) is 8.78 Å². The van der Waals surface area contributed by atoms with Crippen LogP contribution in [0.25, 0.3) is 11.5 Å². The highest BCUT2D eigenvalue weighted by atomic mass is 19.1. The van der Waals surface area contributed by atoms with Crippen molar-refractivity contribution in [2.45, 2.75) is 32.4 Å². The summed E-state index contributed by atoms with van der Waals surface area (Å²) in [6.45, 7) is 1.84. The number of aromatic nitrogens is 2. The average Bonchev–Trinajstić information content (AvgIpc) is 3.41. The van der Waals surface area contributed by atoms with Gasteiger partial charge >= 0.3 is 0 Å². The predicted molar refractivity (Wildman–Crippen MR) is 93.7 cm³/mol. The highest BCUT2D eigenvalue weighted by molar-refractivity contribution is 5.95. The van der Waals surface area contributed by atoms with E-state index in [1.54, 1.807) is 36.1 Å². The van der Waals surface area contributed by atoms with Crippen LogP contribution >= 0.6 is 0 Å². The Labute approximate surface area is 154 Å². The summed E-state index contributed by atoms with van der Waals surface area (Å²) in [5.74, 6) is -0.539. The fraction of sp³-hybridized carbons (Fsp3) is 0.250. The molecule has 0 saturated heterocycles. The first-order valence-corrected chi connectivity index (χ1v) is 8.67. The number of rotatable bonds is 5. The van der Waals surface area contributed by atoms with Crippen molar-refractivity contribution < 1.29 is 18.1 Å².